The van der Waals surface area contributed by atoms with Gasteiger partial charge in [-0.3, -0.25) is 0 Å². The summed E-state index contributed by atoms with van der Waals surface area (Å²) < 4.78 is 5.17. The molecule has 1 rings (SSSR count). The van der Waals surface area contributed by atoms with Gasteiger partial charge in [0.25, 0.3) is 0 Å². The minimum atomic E-state index is -0.373. The number of ether oxygens (including phenoxy) is 1. The maximum Gasteiger partial charge on any atom is 0.118 e. The molecule has 0 aliphatic carbocycles. The summed E-state index contributed by atoms with van der Waals surface area (Å²) in [4.78, 5) is 2.12. The van der Waals surface area contributed by atoms with Gasteiger partial charge in [-0.1, -0.05) is 19.1 Å². The number of likely N-dealkylation sites (N-methyl/N-ethyl adjacent to an activating group) is 1. The fraction of sp³-hybridized carbons (Fsp3) is 0.600. The third-order valence-corrected chi connectivity index (χ3v) is 3.54. The molecule has 0 spiro atoms. The van der Waals surface area contributed by atoms with Gasteiger partial charge in [0.1, 0.15) is 5.75 Å². The Kier molecular flexibility index (Phi) is 6.28. The topological polar surface area (TPSA) is 44.7 Å². The van der Waals surface area contributed by atoms with E-state index in [4.69, 9.17) is 4.74 Å². The third-order valence-electron chi connectivity index (χ3n) is 3.54. The number of aliphatic hydroxyl groups is 1. The van der Waals surface area contributed by atoms with Crippen molar-refractivity contribution in [2.75, 3.05) is 40.9 Å². The summed E-state index contributed by atoms with van der Waals surface area (Å²) >= 11 is 0. The lowest BCUT2D eigenvalue weighted by molar-refractivity contribution is 0.152. The van der Waals surface area contributed by atoms with Gasteiger partial charge >= 0.3 is 0 Å². The molecule has 1 aromatic rings. The summed E-state index contributed by atoms with van der Waals surface area (Å²) in [6.45, 7) is 3.96. The number of nitrogens with zero attached hydrogens (tertiary/aromatic N) is 1. The highest BCUT2D eigenvalue weighted by Gasteiger charge is 2.28. The molecule has 1 unspecified atom stereocenters. The average Bonchev–Trinajstić information content (AvgIpc) is 2.44. The molecule has 19 heavy (non-hydrogen) atoms. The summed E-state index contributed by atoms with van der Waals surface area (Å²) in [6.07, 6.45) is 0.837. The van der Waals surface area contributed by atoms with Crippen molar-refractivity contribution in [3.8, 4) is 5.75 Å². The second kappa shape index (κ2) is 7.48. The number of hydrogen-bond donors (Lipinski definition) is 2. The second-order valence-corrected chi connectivity index (χ2v) is 5.05. The van der Waals surface area contributed by atoms with Crippen LogP contribution >= 0.6 is 0 Å². The van der Waals surface area contributed by atoms with Gasteiger partial charge in [0.2, 0.25) is 0 Å². The monoisotopic (exact) mass is 266 g/mol. The Balaban J connectivity index is 2.83. The van der Waals surface area contributed by atoms with Gasteiger partial charge in [-0.05, 0) is 38.2 Å². The average molecular weight is 266 g/mol. The SMILES string of the molecule is CCC(CO)(NCCN(C)C)c1ccc(OC)cc1. The van der Waals surface area contributed by atoms with Gasteiger partial charge in [0, 0.05) is 13.1 Å². The Bertz CT molecular complexity index is 359. The Labute approximate surface area is 116 Å². The predicted molar refractivity (Wildman–Crippen MR) is 78.6 cm³/mol. The van der Waals surface area contributed by atoms with Crippen molar-refractivity contribution < 1.29 is 9.84 Å². The zero-order valence-corrected chi connectivity index (χ0v) is 12.4. The van der Waals surface area contributed by atoms with E-state index in [-0.39, 0.29) is 12.1 Å². The van der Waals surface area contributed by atoms with Crippen LogP contribution in [0.5, 0.6) is 5.75 Å². The van der Waals surface area contributed by atoms with Crippen LogP contribution in [-0.4, -0.2) is 50.9 Å². The van der Waals surface area contributed by atoms with Crippen molar-refractivity contribution in [2.24, 2.45) is 0 Å². The lowest BCUT2D eigenvalue weighted by Gasteiger charge is -2.33. The normalized spacial score (nSPS) is 14.4. The number of methoxy groups -OCH3 is 1. The molecule has 2 N–H and O–H groups in total. The summed E-state index contributed by atoms with van der Waals surface area (Å²) in [6, 6.07) is 7.90. The quantitative estimate of drug-likeness (QED) is 0.747. The van der Waals surface area contributed by atoms with Crippen LogP contribution < -0.4 is 10.1 Å². The van der Waals surface area contributed by atoms with Crippen LogP contribution in [0.25, 0.3) is 0 Å². The van der Waals surface area contributed by atoms with E-state index in [0.717, 1.165) is 30.8 Å². The van der Waals surface area contributed by atoms with Crippen LogP contribution in [0.1, 0.15) is 18.9 Å². The number of hydrogen-bond acceptors (Lipinski definition) is 4. The van der Waals surface area contributed by atoms with Gasteiger partial charge in [-0.25, -0.2) is 0 Å². The van der Waals surface area contributed by atoms with E-state index in [1.54, 1.807) is 7.11 Å². The largest absolute Gasteiger partial charge is 0.497 e. The fourth-order valence-electron chi connectivity index (χ4n) is 2.12. The van der Waals surface area contributed by atoms with Crippen LogP contribution in [-0.2, 0) is 5.54 Å². The Morgan fingerprint density at radius 2 is 1.89 bits per heavy atom. The molecule has 0 radical (unpaired) electrons. The molecule has 4 heteroatoms. The molecule has 1 atom stereocenters. The molecule has 0 amide bonds. The standard InChI is InChI=1S/C15H26N2O2/c1-5-15(12-18,16-10-11-17(2)3)13-6-8-14(19-4)9-7-13/h6-9,16,18H,5,10-12H2,1-4H3. The number of benzene rings is 1. The Morgan fingerprint density at radius 1 is 1.26 bits per heavy atom. The molecule has 0 aliphatic heterocycles. The maximum atomic E-state index is 9.81. The van der Waals surface area contributed by atoms with Crippen molar-refractivity contribution in [3.63, 3.8) is 0 Å². The fourth-order valence-corrected chi connectivity index (χ4v) is 2.12. The lowest BCUT2D eigenvalue weighted by Crippen LogP contribution is -2.47. The molecule has 0 fully saturated rings. The minimum absolute atomic E-state index is 0.0866. The van der Waals surface area contributed by atoms with E-state index in [2.05, 4.69) is 17.1 Å². The molecule has 1 aromatic carbocycles. The van der Waals surface area contributed by atoms with Crippen molar-refractivity contribution in [2.45, 2.75) is 18.9 Å². The number of rotatable bonds is 8. The lowest BCUT2D eigenvalue weighted by atomic mass is 9.88. The smallest absolute Gasteiger partial charge is 0.118 e. The maximum absolute atomic E-state index is 9.81. The van der Waals surface area contributed by atoms with Crippen LogP contribution in [0.3, 0.4) is 0 Å². The molecule has 0 saturated heterocycles. The van der Waals surface area contributed by atoms with Gasteiger partial charge in [0.15, 0.2) is 0 Å². The van der Waals surface area contributed by atoms with Crippen molar-refractivity contribution in [3.05, 3.63) is 29.8 Å². The van der Waals surface area contributed by atoms with E-state index in [1.165, 1.54) is 0 Å². The van der Waals surface area contributed by atoms with Gasteiger partial charge in [0.05, 0.1) is 19.3 Å². The first kappa shape index (κ1) is 16.0. The predicted octanol–water partition coefficient (Wildman–Crippen LogP) is 1.44. The molecule has 0 saturated carbocycles. The molecule has 0 aliphatic rings. The summed E-state index contributed by atoms with van der Waals surface area (Å²) in [5.41, 5.74) is 0.722. The van der Waals surface area contributed by atoms with Crippen LogP contribution in [0.4, 0.5) is 0 Å². The first-order valence-corrected chi connectivity index (χ1v) is 6.73. The van der Waals surface area contributed by atoms with Crippen LogP contribution in [0.15, 0.2) is 24.3 Å². The Morgan fingerprint density at radius 3 is 2.32 bits per heavy atom. The van der Waals surface area contributed by atoms with E-state index in [0.29, 0.717) is 0 Å². The molecule has 0 heterocycles. The van der Waals surface area contributed by atoms with Gasteiger partial charge in [-0.2, -0.15) is 0 Å². The zero-order valence-electron chi connectivity index (χ0n) is 12.4. The van der Waals surface area contributed by atoms with E-state index in [9.17, 15) is 5.11 Å². The van der Waals surface area contributed by atoms with E-state index >= 15 is 0 Å². The van der Waals surface area contributed by atoms with Crippen molar-refractivity contribution >= 4 is 0 Å². The van der Waals surface area contributed by atoms with Gasteiger partial charge in [-0.15, -0.1) is 0 Å². The highest BCUT2D eigenvalue weighted by Crippen LogP contribution is 2.26. The second-order valence-electron chi connectivity index (χ2n) is 5.05. The van der Waals surface area contributed by atoms with Gasteiger partial charge < -0.3 is 20.1 Å². The highest BCUT2D eigenvalue weighted by molar-refractivity contribution is 5.32. The first-order valence-electron chi connectivity index (χ1n) is 6.73. The number of aliphatic hydroxyl groups excluding tert-OH is 1. The minimum Gasteiger partial charge on any atom is -0.497 e. The van der Waals surface area contributed by atoms with E-state index in [1.807, 2.05) is 38.4 Å². The highest BCUT2D eigenvalue weighted by atomic mass is 16.5. The van der Waals surface area contributed by atoms with Crippen LogP contribution in [0, 0.1) is 0 Å². The zero-order chi connectivity index (χ0) is 14.3. The van der Waals surface area contributed by atoms with Crippen molar-refractivity contribution in [1.82, 2.24) is 10.2 Å². The van der Waals surface area contributed by atoms with Crippen LogP contribution in [0.2, 0.25) is 0 Å². The first-order chi connectivity index (χ1) is 9.07. The summed E-state index contributed by atoms with van der Waals surface area (Å²) in [5.74, 6) is 0.833. The van der Waals surface area contributed by atoms with Crippen molar-refractivity contribution in [1.29, 1.82) is 0 Å². The molecular formula is C15H26N2O2. The molecule has 4 nitrogen and oxygen atoms in total. The molecule has 108 valence electrons. The summed E-state index contributed by atoms with van der Waals surface area (Å²) in [7, 11) is 5.74. The van der Waals surface area contributed by atoms with E-state index < -0.39 is 0 Å². The molecular weight excluding hydrogens is 240 g/mol. The number of nitrogens with one attached hydrogen (secondary N) is 1. The third kappa shape index (κ3) is 4.20. The summed E-state index contributed by atoms with van der Waals surface area (Å²) in [5, 5.41) is 13.3. The Hall–Kier alpha value is -1.10. The molecule has 0 aromatic heterocycles. The molecule has 0 bridgehead atoms.